The van der Waals surface area contributed by atoms with Crippen LogP contribution in [0, 0.1) is 5.82 Å². The maximum atomic E-state index is 13.7. The zero-order chi connectivity index (χ0) is 21.7. The van der Waals surface area contributed by atoms with Crippen LogP contribution < -0.4 is 20.1 Å². The van der Waals surface area contributed by atoms with Gasteiger partial charge in [-0.1, -0.05) is 23.7 Å². The molecule has 1 heterocycles. The van der Waals surface area contributed by atoms with Gasteiger partial charge >= 0.3 is 0 Å². The summed E-state index contributed by atoms with van der Waals surface area (Å²) in [4.78, 5) is 28.8. The maximum Gasteiger partial charge on any atom is 0.260 e. The number of hydrogen-bond donors (Lipinski definition) is 2. The lowest BCUT2D eigenvalue weighted by atomic mass is 10.2. The zero-order valence-corrected chi connectivity index (χ0v) is 17.6. The van der Waals surface area contributed by atoms with Crippen molar-refractivity contribution in [2.75, 3.05) is 24.9 Å². The molecule has 10 heteroatoms. The number of halogens is 2. The summed E-state index contributed by atoms with van der Waals surface area (Å²) in [5.74, 6) is -0.789. The van der Waals surface area contributed by atoms with Crippen molar-refractivity contribution < 1.29 is 23.5 Å². The highest BCUT2D eigenvalue weighted by Gasteiger charge is 2.16. The van der Waals surface area contributed by atoms with E-state index < -0.39 is 11.7 Å². The fraction of sp³-hybridized carbons (Fsp3) is 0.150. The average Bonchev–Trinajstić information content (AvgIpc) is 3.14. The van der Waals surface area contributed by atoms with Gasteiger partial charge in [0, 0.05) is 11.4 Å². The molecule has 2 aromatic carbocycles. The van der Waals surface area contributed by atoms with Crippen molar-refractivity contribution in [3.63, 3.8) is 0 Å². The number of anilines is 2. The van der Waals surface area contributed by atoms with Gasteiger partial charge in [-0.25, -0.2) is 9.37 Å². The maximum absolute atomic E-state index is 13.7. The standard InChI is InChI=1S/C20H17ClFN3O4S/c1-28-16-9-17(29-2)15(8-13(16)21)24-18(26)7-11-10-30-20(23-11)25-19(27)12-5-3-4-6-14(12)22/h3-6,8-10H,7H2,1-2H3,(H,24,26)(H,23,25,27). The molecule has 1 aromatic heterocycles. The summed E-state index contributed by atoms with van der Waals surface area (Å²) in [5.41, 5.74) is 0.743. The van der Waals surface area contributed by atoms with Gasteiger partial charge in [0.15, 0.2) is 5.13 Å². The molecule has 0 bridgehead atoms. The van der Waals surface area contributed by atoms with E-state index in [4.69, 9.17) is 21.1 Å². The summed E-state index contributed by atoms with van der Waals surface area (Å²) in [6.45, 7) is 0. The number of hydrogen-bond acceptors (Lipinski definition) is 6. The number of methoxy groups -OCH3 is 2. The molecule has 3 rings (SSSR count). The van der Waals surface area contributed by atoms with Crippen molar-refractivity contribution in [2.45, 2.75) is 6.42 Å². The second-order valence-electron chi connectivity index (χ2n) is 5.99. The van der Waals surface area contributed by atoms with Gasteiger partial charge in [0.1, 0.15) is 17.3 Å². The van der Waals surface area contributed by atoms with E-state index in [0.717, 1.165) is 11.3 Å². The van der Waals surface area contributed by atoms with Crippen LogP contribution in [0.3, 0.4) is 0 Å². The molecule has 0 fully saturated rings. The van der Waals surface area contributed by atoms with Gasteiger partial charge in [-0.15, -0.1) is 11.3 Å². The molecule has 0 unspecified atom stereocenters. The predicted molar refractivity (Wildman–Crippen MR) is 113 cm³/mol. The van der Waals surface area contributed by atoms with Gasteiger partial charge < -0.3 is 14.8 Å². The largest absolute Gasteiger partial charge is 0.495 e. The second-order valence-corrected chi connectivity index (χ2v) is 7.26. The Kier molecular flexibility index (Phi) is 6.86. The van der Waals surface area contributed by atoms with E-state index in [1.165, 1.54) is 38.5 Å². The summed E-state index contributed by atoms with van der Waals surface area (Å²) in [6, 6.07) is 8.73. The third kappa shape index (κ3) is 5.05. The Balaban J connectivity index is 1.65. The molecule has 0 radical (unpaired) electrons. The first-order chi connectivity index (χ1) is 14.4. The van der Waals surface area contributed by atoms with Gasteiger partial charge in [-0.3, -0.25) is 14.9 Å². The Morgan fingerprint density at radius 1 is 1.13 bits per heavy atom. The minimum atomic E-state index is -0.627. The van der Waals surface area contributed by atoms with Crippen LogP contribution in [0.4, 0.5) is 15.2 Å². The zero-order valence-electron chi connectivity index (χ0n) is 16.0. The number of carbonyl (C=O) groups is 2. The normalized spacial score (nSPS) is 10.4. The molecule has 0 aliphatic rings. The van der Waals surface area contributed by atoms with Crippen LogP contribution in [0.1, 0.15) is 16.1 Å². The smallest absolute Gasteiger partial charge is 0.260 e. The van der Waals surface area contributed by atoms with Gasteiger partial charge in [-0.05, 0) is 18.2 Å². The quantitative estimate of drug-likeness (QED) is 0.558. The Morgan fingerprint density at radius 2 is 1.87 bits per heavy atom. The Labute approximate surface area is 180 Å². The number of carbonyl (C=O) groups excluding carboxylic acids is 2. The van der Waals surface area contributed by atoms with E-state index in [9.17, 15) is 14.0 Å². The summed E-state index contributed by atoms with van der Waals surface area (Å²) in [7, 11) is 2.94. The summed E-state index contributed by atoms with van der Waals surface area (Å²) in [6.07, 6.45) is -0.0428. The molecular formula is C20H17ClFN3O4S. The van der Waals surface area contributed by atoms with Crippen molar-refractivity contribution in [3.8, 4) is 11.5 Å². The number of nitrogens with zero attached hydrogens (tertiary/aromatic N) is 1. The number of nitrogens with one attached hydrogen (secondary N) is 2. The van der Waals surface area contributed by atoms with Crippen LogP contribution in [-0.4, -0.2) is 31.0 Å². The van der Waals surface area contributed by atoms with Gasteiger partial charge in [-0.2, -0.15) is 0 Å². The van der Waals surface area contributed by atoms with Crippen molar-refractivity contribution in [1.29, 1.82) is 0 Å². The molecule has 2 N–H and O–H groups in total. The van der Waals surface area contributed by atoms with Crippen LogP contribution in [-0.2, 0) is 11.2 Å². The Hall–Kier alpha value is -3.17. The molecule has 0 aliphatic carbocycles. The minimum absolute atomic E-state index is 0.0428. The number of benzene rings is 2. The molecule has 7 nitrogen and oxygen atoms in total. The van der Waals surface area contributed by atoms with Crippen LogP contribution in [0.15, 0.2) is 41.8 Å². The lowest BCUT2D eigenvalue weighted by molar-refractivity contribution is -0.115. The topological polar surface area (TPSA) is 89.5 Å². The molecule has 0 saturated carbocycles. The van der Waals surface area contributed by atoms with E-state index in [0.29, 0.717) is 27.9 Å². The highest BCUT2D eigenvalue weighted by atomic mass is 35.5. The van der Waals surface area contributed by atoms with Crippen LogP contribution in [0.5, 0.6) is 11.5 Å². The highest BCUT2D eigenvalue weighted by Crippen LogP contribution is 2.36. The lowest BCUT2D eigenvalue weighted by Gasteiger charge is -2.12. The Morgan fingerprint density at radius 3 is 2.57 bits per heavy atom. The molecule has 0 spiro atoms. The number of rotatable bonds is 7. The third-order valence-electron chi connectivity index (χ3n) is 3.98. The lowest BCUT2D eigenvalue weighted by Crippen LogP contribution is -2.16. The molecule has 0 atom stereocenters. The molecular weight excluding hydrogens is 433 g/mol. The summed E-state index contributed by atoms with van der Waals surface area (Å²) in [5, 5.41) is 7.45. The monoisotopic (exact) mass is 449 g/mol. The molecule has 3 aromatic rings. The predicted octanol–water partition coefficient (Wildman–Crippen LogP) is 4.39. The first kappa shape index (κ1) is 21.5. The summed E-state index contributed by atoms with van der Waals surface area (Å²) < 4.78 is 24.1. The van der Waals surface area contributed by atoms with Crippen molar-refractivity contribution in [3.05, 3.63) is 63.9 Å². The van der Waals surface area contributed by atoms with E-state index in [1.807, 2.05) is 0 Å². The van der Waals surface area contributed by atoms with E-state index >= 15 is 0 Å². The number of ether oxygens (including phenoxy) is 2. The number of aromatic nitrogens is 1. The van der Waals surface area contributed by atoms with Crippen LogP contribution in [0.25, 0.3) is 0 Å². The SMILES string of the molecule is COc1cc(OC)c(NC(=O)Cc2csc(NC(=O)c3ccccc3F)n2)cc1Cl. The van der Waals surface area contributed by atoms with E-state index in [-0.39, 0.29) is 23.0 Å². The number of amides is 2. The molecule has 2 amide bonds. The summed E-state index contributed by atoms with van der Waals surface area (Å²) >= 11 is 7.24. The molecule has 0 saturated heterocycles. The van der Waals surface area contributed by atoms with Crippen LogP contribution >= 0.6 is 22.9 Å². The van der Waals surface area contributed by atoms with E-state index in [2.05, 4.69) is 15.6 Å². The molecule has 30 heavy (non-hydrogen) atoms. The number of thiazole rings is 1. The average molecular weight is 450 g/mol. The fourth-order valence-electron chi connectivity index (χ4n) is 2.57. The fourth-order valence-corrected chi connectivity index (χ4v) is 3.52. The van der Waals surface area contributed by atoms with Crippen molar-refractivity contribution in [2.24, 2.45) is 0 Å². The van der Waals surface area contributed by atoms with Crippen LogP contribution in [0.2, 0.25) is 5.02 Å². The first-order valence-corrected chi connectivity index (χ1v) is 9.88. The molecule has 0 aliphatic heterocycles. The second kappa shape index (κ2) is 9.55. The van der Waals surface area contributed by atoms with Crippen molar-refractivity contribution >= 4 is 45.6 Å². The van der Waals surface area contributed by atoms with Gasteiger partial charge in [0.05, 0.1) is 42.6 Å². The van der Waals surface area contributed by atoms with Crippen molar-refractivity contribution in [1.82, 2.24) is 4.98 Å². The van der Waals surface area contributed by atoms with Gasteiger partial charge in [0.25, 0.3) is 5.91 Å². The highest BCUT2D eigenvalue weighted by molar-refractivity contribution is 7.14. The molecule has 156 valence electrons. The van der Waals surface area contributed by atoms with Gasteiger partial charge in [0.2, 0.25) is 5.91 Å². The Bertz CT molecular complexity index is 1090. The minimum Gasteiger partial charge on any atom is -0.495 e. The van der Waals surface area contributed by atoms with E-state index in [1.54, 1.807) is 17.5 Å². The first-order valence-electron chi connectivity index (χ1n) is 8.63. The third-order valence-corrected chi connectivity index (χ3v) is 5.08.